The first-order valence-electron chi connectivity index (χ1n) is 8.12. The van der Waals surface area contributed by atoms with Crippen LogP contribution in [0.15, 0.2) is 0 Å². The molecule has 2 nitrogen and oxygen atoms in total. The predicted octanol–water partition coefficient (Wildman–Crippen LogP) is 3.85. The first-order valence-corrected chi connectivity index (χ1v) is 8.12. The van der Waals surface area contributed by atoms with Crippen molar-refractivity contribution in [2.24, 2.45) is 23.2 Å². The monoisotopic (exact) mass is 267 g/mol. The first kappa shape index (κ1) is 15.3. The molecule has 0 aromatic rings. The summed E-state index contributed by atoms with van der Waals surface area (Å²) in [5, 5.41) is 3.74. The smallest absolute Gasteiger partial charge is 0.0488 e. The van der Waals surface area contributed by atoms with Crippen LogP contribution in [-0.4, -0.2) is 25.3 Å². The van der Waals surface area contributed by atoms with Crippen molar-refractivity contribution >= 4 is 0 Å². The third kappa shape index (κ3) is 4.75. The van der Waals surface area contributed by atoms with Gasteiger partial charge < -0.3 is 10.1 Å². The van der Waals surface area contributed by atoms with Crippen LogP contribution in [0.4, 0.5) is 0 Å². The van der Waals surface area contributed by atoms with E-state index < -0.39 is 0 Å². The van der Waals surface area contributed by atoms with Gasteiger partial charge in [-0.15, -0.1) is 0 Å². The fourth-order valence-corrected chi connectivity index (χ4v) is 3.50. The summed E-state index contributed by atoms with van der Waals surface area (Å²) in [5.41, 5.74) is 0.760. The number of hydrogen-bond donors (Lipinski definition) is 1. The highest BCUT2D eigenvalue weighted by molar-refractivity contribution is 5.04. The van der Waals surface area contributed by atoms with Crippen LogP contribution < -0.4 is 5.32 Å². The predicted molar refractivity (Wildman–Crippen MR) is 81.3 cm³/mol. The highest BCUT2D eigenvalue weighted by atomic mass is 16.5. The molecule has 0 spiro atoms. The molecule has 0 saturated heterocycles. The third-order valence-corrected chi connectivity index (χ3v) is 4.68. The van der Waals surface area contributed by atoms with E-state index in [2.05, 4.69) is 39.9 Å². The molecule has 0 heterocycles. The summed E-state index contributed by atoms with van der Waals surface area (Å²) in [4.78, 5) is 0. The van der Waals surface area contributed by atoms with E-state index in [9.17, 15) is 0 Å². The molecule has 0 radical (unpaired) electrons. The molecular weight excluding hydrogens is 234 g/mol. The molecule has 2 aliphatic carbocycles. The van der Waals surface area contributed by atoms with E-state index in [-0.39, 0.29) is 5.54 Å². The van der Waals surface area contributed by atoms with Crippen molar-refractivity contribution in [1.82, 2.24) is 5.32 Å². The maximum Gasteiger partial charge on any atom is 0.0488 e. The Morgan fingerprint density at radius 3 is 2.37 bits per heavy atom. The fourth-order valence-electron chi connectivity index (χ4n) is 3.50. The van der Waals surface area contributed by atoms with Gasteiger partial charge in [0.25, 0.3) is 0 Å². The van der Waals surface area contributed by atoms with Gasteiger partial charge in [-0.25, -0.2) is 0 Å². The molecule has 0 aliphatic heterocycles. The van der Waals surface area contributed by atoms with Gasteiger partial charge >= 0.3 is 0 Å². The maximum atomic E-state index is 5.84. The Labute approximate surface area is 119 Å². The fraction of sp³-hybridized carbons (Fsp3) is 1.00. The SMILES string of the molecule is CC(C)COCCC1(CNC(C)(C)C)CC2CC2C1. The summed E-state index contributed by atoms with van der Waals surface area (Å²) in [5.74, 6) is 2.75. The zero-order valence-corrected chi connectivity index (χ0v) is 13.6. The van der Waals surface area contributed by atoms with Gasteiger partial charge in [-0.3, -0.25) is 0 Å². The minimum absolute atomic E-state index is 0.235. The summed E-state index contributed by atoms with van der Waals surface area (Å²) in [6.07, 6.45) is 5.62. The summed E-state index contributed by atoms with van der Waals surface area (Å²) < 4.78 is 5.84. The summed E-state index contributed by atoms with van der Waals surface area (Å²) in [6, 6.07) is 0. The average molecular weight is 267 g/mol. The number of hydrogen-bond acceptors (Lipinski definition) is 2. The van der Waals surface area contributed by atoms with E-state index in [1.165, 1.54) is 32.2 Å². The van der Waals surface area contributed by atoms with E-state index >= 15 is 0 Å². The van der Waals surface area contributed by atoms with Gasteiger partial charge in [-0.1, -0.05) is 13.8 Å². The molecular formula is C17H33NO. The first-order chi connectivity index (χ1) is 8.80. The van der Waals surface area contributed by atoms with Crippen molar-refractivity contribution in [2.75, 3.05) is 19.8 Å². The van der Waals surface area contributed by atoms with Gasteiger partial charge in [0.05, 0.1) is 0 Å². The lowest BCUT2D eigenvalue weighted by molar-refractivity contribution is 0.0706. The van der Waals surface area contributed by atoms with Crippen LogP contribution in [0, 0.1) is 23.2 Å². The molecule has 112 valence electrons. The molecule has 0 bridgehead atoms. The van der Waals surface area contributed by atoms with E-state index in [4.69, 9.17) is 4.74 Å². The minimum atomic E-state index is 0.235. The Balaban J connectivity index is 1.78. The lowest BCUT2D eigenvalue weighted by Crippen LogP contribution is -2.44. The molecule has 2 saturated carbocycles. The Bertz CT molecular complexity index is 282. The molecule has 2 rings (SSSR count). The normalized spacial score (nSPS) is 33.8. The minimum Gasteiger partial charge on any atom is -0.381 e. The lowest BCUT2D eigenvalue weighted by Gasteiger charge is -2.35. The van der Waals surface area contributed by atoms with Gasteiger partial charge in [0.2, 0.25) is 0 Å². The van der Waals surface area contributed by atoms with Crippen molar-refractivity contribution in [3.8, 4) is 0 Å². The molecule has 2 fully saturated rings. The van der Waals surface area contributed by atoms with E-state index in [0.717, 1.165) is 25.0 Å². The van der Waals surface area contributed by atoms with Gasteiger partial charge in [0.1, 0.15) is 0 Å². The molecule has 19 heavy (non-hydrogen) atoms. The second-order valence-corrected chi connectivity index (χ2v) is 8.49. The quantitative estimate of drug-likeness (QED) is 0.707. The molecule has 2 aliphatic rings. The van der Waals surface area contributed by atoms with Gasteiger partial charge in [-0.05, 0) is 69.6 Å². The number of ether oxygens (including phenoxy) is 1. The largest absolute Gasteiger partial charge is 0.381 e. The van der Waals surface area contributed by atoms with Gasteiger partial charge in [0, 0.05) is 25.3 Å². The van der Waals surface area contributed by atoms with Crippen LogP contribution >= 0.6 is 0 Å². The van der Waals surface area contributed by atoms with Gasteiger partial charge in [-0.2, -0.15) is 0 Å². The van der Waals surface area contributed by atoms with Crippen molar-refractivity contribution < 1.29 is 4.74 Å². The Morgan fingerprint density at radius 1 is 1.21 bits per heavy atom. The summed E-state index contributed by atoms with van der Waals surface area (Å²) in [7, 11) is 0. The molecule has 1 N–H and O–H groups in total. The zero-order chi connectivity index (χ0) is 14.1. The van der Waals surface area contributed by atoms with Crippen LogP contribution in [0.5, 0.6) is 0 Å². The second kappa shape index (κ2) is 5.73. The standard InChI is InChI=1S/C17H33NO/c1-13(2)11-19-7-6-17(12-18-16(3,4)5)9-14-8-15(14)10-17/h13-15,18H,6-12H2,1-5H3. The molecule has 0 amide bonds. The van der Waals surface area contributed by atoms with Crippen LogP contribution in [0.25, 0.3) is 0 Å². The zero-order valence-electron chi connectivity index (χ0n) is 13.6. The topological polar surface area (TPSA) is 21.3 Å². The maximum absolute atomic E-state index is 5.84. The van der Waals surface area contributed by atoms with E-state index in [0.29, 0.717) is 11.3 Å². The molecule has 2 unspecified atom stereocenters. The Hall–Kier alpha value is -0.0800. The van der Waals surface area contributed by atoms with Gasteiger partial charge in [0.15, 0.2) is 0 Å². The van der Waals surface area contributed by atoms with Crippen molar-refractivity contribution in [3.63, 3.8) is 0 Å². The molecule has 0 aromatic carbocycles. The number of nitrogens with one attached hydrogen (secondary N) is 1. The Morgan fingerprint density at radius 2 is 1.84 bits per heavy atom. The van der Waals surface area contributed by atoms with Crippen molar-refractivity contribution in [1.29, 1.82) is 0 Å². The summed E-state index contributed by atoms with van der Waals surface area (Å²) in [6.45, 7) is 14.3. The third-order valence-electron chi connectivity index (χ3n) is 4.68. The van der Waals surface area contributed by atoms with Crippen molar-refractivity contribution in [2.45, 2.75) is 65.8 Å². The van der Waals surface area contributed by atoms with Crippen molar-refractivity contribution in [3.05, 3.63) is 0 Å². The van der Waals surface area contributed by atoms with E-state index in [1.54, 1.807) is 0 Å². The van der Waals surface area contributed by atoms with Crippen LogP contribution in [0.1, 0.15) is 60.3 Å². The second-order valence-electron chi connectivity index (χ2n) is 8.49. The van der Waals surface area contributed by atoms with Crippen LogP contribution in [0.2, 0.25) is 0 Å². The highest BCUT2D eigenvalue weighted by Crippen LogP contribution is 2.60. The molecule has 2 heteroatoms. The Kier molecular flexibility index (Phi) is 4.62. The highest BCUT2D eigenvalue weighted by Gasteiger charge is 2.53. The lowest BCUT2D eigenvalue weighted by atomic mass is 9.79. The average Bonchev–Trinajstić information content (AvgIpc) is 2.90. The molecule has 0 aromatic heterocycles. The summed E-state index contributed by atoms with van der Waals surface area (Å²) >= 11 is 0. The van der Waals surface area contributed by atoms with Crippen LogP contribution in [-0.2, 0) is 4.74 Å². The van der Waals surface area contributed by atoms with Crippen LogP contribution in [0.3, 0.4) is 0 Å². The number of rotatable bonds is 7. The molecule has 2 atom stereocenters. The number of fused-ring (bicyclic) bond motifs is 1. The van der Waals surface area contributed by atoms with E-state index in [1.807, 2.05) is 0 Å².